The quantitative estimate of drug-likeness (QED) is 0.727. The van der Waals surface area contributed by atoms with Gasteiger partial charge >= 0.3 is 0 Å². The van der Waals surface area contributed by atoms with Gasteiger partial charge in [0.1, 0.15) is 0 Å². The van der Waals surface area contributed by atoms with Gasteiger partial charge in [0.2, 0.25) is 0 Å². The van der Waals surface area contributed by atoms with E-state index in [9.17, 15) is 0 Å². The summed E-state index contributed by atoms with van der Waals surface area (Å²) in [6.45, 7) is 8.22. The molecule has 1 heterocycles. The molecule has 0 bridgehead atoms. The van der Waals surface area contributed by atoms with Crippen molar-refractivity contribution in [1.82, 2.24) is 4.31 Å². The third-order valence-corrected chi connectivity index (χ3v) is 5.31. The zero-order valence-electron chi connectivity index (χ0n) is 11.9. The average molecular weight is 263 g/mol. The summed E-state index contributed by atoms with van der Waals surface area (Å²) < 4.78 is 2.59. The van der Waals surface area contributed by atoms with E-state index in [-0.39, 0.29) is 0 Å². The van der Waals surface area contributed by atoms with Crippen LogP contribution in [0.5, 0.6) is 0 Å². The summed E-state index contributed by atoms with van der Waals surface area (Å²) in [5.74, 6) is 1.11. The summed E-state index contributed by atoms with van der Waals surface area (Å²) in [5, 5.41) is 0. The highest BCUT2D eigenvalue weighted by molar-refractivity contribution is 7.96. The monoisotopic (exact) mass is 263 g/mol. The molecule has 0 radical (unpaired) electrons. The van der Waals surface area contributed by atoms with Gasteiger partial charge in [-0.25, -0.2) is 4.31 Å². The maximum absolute atomic E-state index is 2.59. The van der Waals surface area contributed by atoms with Crippen LogP contribution in [0.1, 0.15) is 51.2 Å². The SMILES string of the molecule is CCc1cccc(CSN2CCCCC2(C)C)c1. The fourth-order valence-corrected chi connectivity index (χ4v) is 3.75. The molecule has 0 N–H and O–H groups in total. The molecule has 0 unspecified atom stereocenters. The van der Waals surface area contributed by atoms with Crippen LogP contribution in [0, 0.1) is 0 Å². The lowest BCUT2D eigenvalue weighted by molar-refractivity contribution is 0.186. The Balaban J connectivity index is 1.94. The van der Waals surface area contributed by atoms with Gasteiger partial charge in [0, 0.05) is 17.8 Å². The molecule has 0 saturated carbocycles. The molecule has 100 valence electrons. The van der Waals surface area contributed by atoms with Crippen molar-refractivity contribution in [3.05, 3.63) is 35.4 Å². The lowest BCUT2D eigenvalue weighted by atomic mass is 9.93. The van der Waals surface area contributed by atoms with E-state index in [1.54, 1.807) is 0 Å². The van der Waals surface area contributed by atoms with Gasteiger partial charge in [0.05, 0.1) is 0 Å². The van der Waals surface area contributed by atoms with Crippen LogP contribution in [0.3, 0.4) is 0 Å². The van der Waals surface area contributed by atoms with Crippen molar-refractivity contribution in [2.75, 3.05) is 6.54 Å². The number of aryl methyl sites for hydroxylation is 1. The van der Waals surface area contributed by atoms with Crippen molar-refractivity contribution >= 4 is 11.9 Å². The summed E-state index contributed by atoms with van der Waals surface area (Å²) in [7, 11) is 0. The summed E-state index contributed by atoms with van der Waals surface area (Å²) in [6, 6.07) is 9.02. The molecule has 1 aromatic carbocycles. The molecule has 0 aliphatic carbocycles. The van der Waals surface area contributed by atoms with E-state index in [1.165, 1.54) is 36.9 Å². The van der Waals surface area contributed by atoms with Crippen molar-refractivity contribution in [2.45, 2.75) is 57.7 Å². The number of rotatable bonds is 4. The van der Waals surface area contributed by atoms with Crippen molar-refractivity contribution in [3.8, 4) is 0 Å². The smallest absolute Gasteiger partial charge is 0.0332 e. The Morgan fingerprint density at radius 3 is 2.72 bits per heavy atom. The Morgan fingerprint density at radius 1 is 1.22 bits per heavy atom. The van der Waals surface area contributed by atoms with E-state index < -0.39 is 0 Å². The number of nitrogens with zero attached hydrogens (tertiary/aromatic N) is 1. The largest absolute Gasteiger partial charge is 0.245 e. The van der Waals surface area contributed by atoms with Crippen molar-refractivity contribution in [2.24, 2.45) is 0 Å². The van der Waals surface area contributed by atoms with Crippen molar-refractivity contribution in [3.63, 3.8) is 0 Å². The minimum Gasteiger partial charge on any atom is -0.245 e. The van der Waals surface area contributed by atoms with Crippen molar-refractivity contribution in [1.29, 1.82) is 0 Å². The average Bonchev–Trinajstić information content (AvgIpc) is 2.37. The fourth-order valence-electron chi connectivity index (χ4n) is 2.57. The Morgan fingerprint density at radius 2 is 2.00 bits per heavy atom. The molecule has 1 saturated heterocycles. The molecule has 0 spiro atoms. The summed E-state index contributed by atoms with van der Waals surface area (Å²) >= 11 is 2.01. The summed E-state index contributed by atoms with van der Waals surface area (Å²) in [4.78, 5) is 0. The lowest BCUT2D eigenvalue weighted by Crippen LogP contribution is -2.42. The first-order chi connectivity index (χ1) is 8.62. The van der Waals surface area contributed by atoms with E-state index in [4.69, 9.17) is 0 Å². The minimum atomic E-state index is 0.366. The predicted octanol–water partition coefficient (Wildman–Crippen LogP) is 4.66. The van der Waals surface area contributed by atoms with Gasteiger partial charge in [-0.1, -0.05) is 49.6 Å². The van der Waals surface area contributed by atoms with Crippen LogP contribution in [-0.2, 0) is 12.2 Å². The van der Waals surface area contributed by atoms with Crippen LogP contribution < -0.4 is 0 Å². The molecule has 1 fully saturated rings. The molecule has 0 amide bonds. The predicted molar refractivity (Wildman–Crippen MR) is 81.8 cm³/mol. The van der Waals surface area contributed by atoms with Gasteiger partial charge < -0.3 is 0 Å². The highest BCUT2D eigenvalue weighted by Gasteiger charge is 2.29. The van der Waals surface area contributed by atoms with Crippen LogP contribution in [0.2, 0.25) is 0 Å². The van der Waals surface area contributed by atoms with Gasteiger partial charge in [-0.05, 0) is 44.2 Å². The van der Waals surface area contributed by atoms with Gasteiger partial charge in [-0.3, -0.25) is 0 Å². The molecule has 18 heavy (non-hydrogen) atoms. The van der Waals surface area contributed by atoms with E-state index >= 15 is 0 Å². The van der Waals surface area contributed by atoms with Gasteiger partial charge in [0.15, 0.2) is 0 Å². The maximum Gasteiger partial charge on any atom is 0.0332 e. The molecule has 0 atom stereocenters. The molecule has 1 aliphatic rings. The van der Waals surface area contributed by atoms with Crippen LogP contribution in [0.15, 0.2) is 24.3 Å². The van der Waals surface area contributed by atoms with E-state index in [0.717, 1.165) is 12.2 Å². The number of piperidine rings is 1. The Bertz CT molecular complexity index is 386. The summed E-state index contributed by atoms with van der Waals surface area (Å²) in [5.41, 5.74) is 3.28. The number of benzene rings is 1. The maximum atomic E-state index is 2.59. The first-order valence-corrected chi connectivity index (χ1v) is 8.04. The standard InChI is InChI=1S/C16H25NS/c1-4-14-8-7-9-15(12-14)13-18-17-11-6-5-10-16(17,2)3/h7-9,12H,4-6,10-11,13H2,1-3H3. The molecular weight excluding hydrogens is 238 g/mol. The van der Waals surface area contributed by atoms with Crippen LogP contribution >= 0.6 is 11.9 Å². The highest BCUT2D eigenvalue weighted by atomic mass is 32.2. The van der Waals surface area contributed by atoms with E-state index in [1.807, 2.05) is 11.9 Å². The summed E-state index contributed by atoms with van der Waals surface area (Å²) in [6.07, 6.45) is 5.20. The van der Waals surface area contributed by atoms with Gasteiger partial charge in [0.25, 0.3) is 0 Å². The first kappa shape index (κ1) is 14.0. The highest BCUT2D eigenvalue weighted by Crippen LogP contribution is 2.34. The molecule has 1 aromatic rings. The second-order valence-electron chi connectivity index (χ2n) is 5.82. The molecule has 1 nitrogen and oxygen atoms in total. The van der Waals surface area contributed by atoms with Crippen LogP contribution in [0.4, 0.5) is 0 Å². The molecule has 0 aromatic heterocycles. The third-order valence-electron chi connectivity index (χ3n) is 3.86. The second kappa shape index (κ2) is 6.12. The van der Waals surface area contributed by atoms with E-state index in [2.05, 4.69) is 49.3 Å². The normalized spacial score (nSPS) is 19.9. The Hall–Kier alpha value is -0.470. The Kier molecular flexibility index (Phi) is 4.74. The zero-order valence-corrected chi connectivity index (χ0v) is 12.7. The first-order valence-electron chi connectivity index (χ1n) is 7.10. The third kappa shape index (κ3) is 3.52. The molecular formula is C16H25NS. The van der Waals surface area contributed by atoms with Crippen LogP contribution in [0.25, 0.3) is 0 Å². The van der Waals surface area contributed by atoms with Gasteiger partial charge in [-0.15, -0.1) is 0 Å². The Labute approximate surface area is 116 Å². The zero-order chi connectivity index (χ0) is 13.0. The number of hydrogen-bond donors (Lipinski definition) is 0. The second-order valence-corrected chi connectivity index (χ2v) is 6.81. The molecule has 2 heteroatoms. The van der Waals surface area contributed by atoms with E-state index in [0.29, 0.717) is 5.54 Å². The van der Waals surface area contributed by atoms with Crippen molar-refractivity contribution < 1.29 is 0 Å². The van der Waals surface area contributed by atoms with Gasteiger partial charge in [-0.2, -0.15) is 0 Å². The minimum absolute atomic E-state index is 0.366. The fraction of sp³-hybridized carbons (Fsp3) is 0.625. The lowest BCUT2D eigenvalue weighted by Gasteiger charge is -2.41. The van der Waals surface area contributed by atoms with Crippen LogP contribution in [-0.4, -0.2) is 16.4 Å². The number of hydrogen-bond acceptors (Lipinski definition) is 2. The molecule has 2 rings (SSSR count). The topological polar surface area (TPSA) is 3.24 Å². The molecule has 1 aliphatic heterocycles.